The molecule has 180 valence electrons. The van der Waals surface area contributed by atoms with Crippen LogP contribution in [-0.4, -0.2) is 23.3 Å². The van der Waals surface area contributed by atoms with Gasteiger partial charge in [-0.1, -0.05) is 30.3 Å². The highest BCUT2D eigenvalue weighted by Crippen LogP contribution is 2.52. The lowest BCUT2D eigenvalue weighted by Crippen LogP contribution is -2.50. The highest BCUT2D eigenvalue weighted by Gasteiger charge is 2.45. The van der Waals surface area contributed by atoms with Crippen molar-refractivity contribution >= 4 is 5.97 Å². The van der Waals surface area contributed by atoms with Gasteiger partial charge in [0.1, 0.15) is 17.9 Å². The smallest absolute Gasteiger partial charge is 0.343 e. The number of ether oxygens (including phenoxy) is 2. The summed E-state index contributed by atoms with van der Waals surface area (Å²) in [5.74, 6) is 0.827. The second kappa shape index (κ2) is 8.01. The van der Waals surface area contributed by atoms with Crippen LogP contribution in [-0.2, 0) is 11.3 Å². The van der Waals surface area contributed by atoms with Crippen molar-refractivity contribution in [1.82, 2.24) is 4.68 Å². The third-order valence-corrected chi connectivity index (χ3v) is 7.69. The average molecular weight is 471 g/mol. The first-order valence-electron chi connectivity index (χ1n) is 12.4. The highest BCUT2D eigenvalue weighted by molar-refractivity contribution is 5.89. The van der Waals surface area contributed by atoms with Gasteiger partial charge in [-0.3, -0.25) is 14.5 Å². The summed E-state index contributed by atoms with van der Waals surface area (Å²) < 4.78 is 13.3. The molecule has 35 heavy (non-hydrogen) atoms. The third-order valence-electron chi connectivity index (χ3n) is 7.69. The van der Waals surface area contributed by atoms with Crippen LogP contribution in [0.3, 0.4) is 0 Å². The van der Waals surface area contributed by atoms with Crippen LogP contribution in [0.2, 0.25) is 0 Å². The summed E-state index contributed by atoms with van der Waals surface area (Å²) in [6.07, 6.45) is 5.96. The Balaban J connectivity index is 1.51. The molecule has 6 heteroatoms. The van der Waals surface area contributed by atoms with Crippen LogP contribution in [0.4, 0.5) is 0 Å². The topological polar surface area (TPSA) is 60.8 Å². The van der Waals surface area contributed by atoms with E-state index in [0.717, 1.165) is 48.3 Å². The lowest BCUT2D eigenvalue weighted by molar-refractivity contribution is 0.0598. The van der Waals surface area contributed by atoms with Gasteiger partial charge in [0.15, 0.2) is 5.43 Å². The summed E-state index contributed by atoms with van der Waals surface area (Å²) >= 11 is 0. The summed E-state index contributed by atoms with van der Waals surface area (Å²) in [5, 5.41) is 2.31. The average Bonchev–Trinajstić information content (AvgIpc) is 3.65. The number of hydrogen-bond acceptors (Lipinski definition) is 5. The Labute approximate surface area is 205 Å². The molecule has 0 N–H and O–H groups in total. The van der Waals surface area contributed by atoms with Crippen molar-refractivity contribution in [3.63, 3.8) is 0 Å². The first kappa shape index (κ1) is 22.0. The van der Waals surface area contributed by atoms with Crippen molar-refractivity contribution in [2.75, 3.05) is 12.1 Å². The van der Waals surface area contributed by atoms with Gasteiger partial charge in [-0.25, -0.2) is 4.79 Å². The van der Waals surface area contributed by atoms with Gasteiger partial charge in [0, 0.05) is 17.8 Å². The largest absolute Gasteiger partial charge is 0.489 e. The maximum absolute atomic E-state index is 13.0. The molecule has 2 aromatic carbocycles. The molecule has 6 nitrogen and oxygen atoms in total. The molecule has 1 saturated heterocycles. The van der Waals surface area contributed by atoms with Crippen molar-refractivity contribution in [3.8, 4) is 17.0 Å². The molecule has 3 aliphatic rings. The van der Waals surface area contributed by atoms with E-state index in [1.54, 1.807) is 12.3 Å². The number of aromatic nitrogens is 1. The van der Waals surface area contributed by atoms with E-state index in [9.17, 15) is 9.59 Å². The van der Waals surface area contributed by atoms with E-state index < -0.39 is 5.97 Å². The molecule has 0 radical (unpaired) electrons. The van der Waals surface area contributed by atoms with E-state index in [0.29, 0.717) is 12.5 Å². The molecule has 1 atom stereocenters. The molecule has 1 aromatic heterocycles. The maximum atomic E-state index is 13.0. The summed E-state index contributed by atoms with van der Waals surface area (Å²) in [6.45, 7) is 4.95. The molecule has 0 amide bonds. The molecule has 6 rings (SSSR count). The lowest BCUT2D eigenvalue weighted by Gasteiger charge is -2.44. The van der Waals surface area contributed by atoms with Crippen LogP contribution in [0.15, 0.2) is 59.5 Å². The van der Waals surface area contributed by atoms with E-state index in [2.05, 4.69) is 43.1 Å². The van der Waals surface area contributed by atoms with E-state index in [1.165, 1.54) is 18.2 Å². The van der Waals surface area contributed by atoms with Gasteiger partial charge < -0.3 is 9.47 Å². The molecule has 3 aromatic rings. The van der Waals surface area contributed by atoms with E-state index >= 15 is 0 Å². The number of pyridine rings is 1. The van der Waals surface area contributed by atoms with Gasteiger partial charge in [0.25, 0.3) is 0 Å². The van der Waals surface area contributed by atoms with Crippen molar-refractivity contribution in [1.29, 1.82) is 0 Å². The van der Waals surface area contributed by atoms with E-state index in [-0.39, 0.29) is 22.6 Å². The van der Waals surface area contributed by atoms with Gasteiger partial charge in [0.05, 0.1) is 24.4 Å². The Hall–Kier alpha value is -3.54. The fraction of sp³-hybridized carbons (Fsp3) is 0.379. The summed E-state index contributed by atoms with van der Waals surface area (Å²) in [5.41, 5.74) is 5.03. The third kappa shape index (κ3) is 3.63. The standard InChI is InChI=1S/C29H30N2O4/c1-29(2)12-11-24-22-14-27(35-17-18-7-5-4-6-8-18)20(19-9-10-19)13-21(22)25-15-26(32)23(28(33)34-3)16-30(25)31(24)29/h4-8,13-16,19,24H,9-12,17H2,1-3H3/t24-/m1/s1. The number of methoxy groups -OCH3 is 1. The quantitative estimate of drug-likeness (QED) is 0.472. The Morgan fingerprint density at radius 1 is 1.06 bits per heavy atom. The summed E-state index contributed by atoms with van der Waals surface area (Å²) in [6, 6.07) is 16.4. The molecule has 2 fully saturated rings. The number of benzene rings is 2. The number of nitrogens with zero attached hydrogens (tertiary/aromatic N) is 2. The van der Waals surface area contributed by atoms with E-state index in [4.69, 9.17) is 9.47 Å². The van der Waals surface area contributed by atoms with Crippen LogP contribution in [0.1, 0.15) is 78.5 Å². The summed E-state index contributed by atoms with van der Waals surface area (Å²) in [4.78, 5) is 25.3. The van der Waals surface area contributed by atoms with Crippen LogP contribution >= 0.6 is 0 Å². The normalized spacial score (nSPS) is 19.5. The fourth-order valence-corrected chi connectivity index (χ4v) is 5.73. The molecule has 1 saturated carbocycles. The lowest BCUT2D eigenvalue weighted by atomic mass is 9.90. The number of carbonyl (C=O) groups is 1. The van der Waals surface area contributed by atoms with Gasteiger partial charge >= 0.3 is 5.97 Å². The van der Waals surface area contributed by atoms with Crippen LogP contribution in [0, 0.1) is 0 Å². The first-order chi connectivity index (χ1) is 16.9. The van der Waals surface area contributed by atoms with Crippen LogP contribution < -0.4 is 15.2 Å². The molecule has 3 heterocycles. The molecule has 2 aliphatic heterocycles. The summed E-state index contributed by atoms with van der Waals surface area (Å²) in [7, 11) is 1.31. The number of fused-ring (bicyclic) bond motifs is 6. The molecule has 0 spiro atoms. The minimum atomic E-state index is -0.604. The monoisotopic (exact) mass is 470 g/mol. The SMILES string of the molecule is COC(=O)c1cn2c(cc1=O)-c1cc(C3CC3)c(OCc3ccccc3)cc1[C@H]1CCC(C)(C)N12. The number of hydrogen-bond donors (Lipinski definition) is 0. The van der Waals surface area contributed by atoms with Gasteiger partial charge in [0.2, 0.25) is 0 Å². The zero-order valence-electron chi connectivity index (χ0n) is 20.4. The number of esters is 1. The maximum Gasteiger partial charge on any atom is 0.343 e. The Morgan fingerprint density at radius 3 is 2.54 bits per heavy atom. The Morgan fingerprint density at radius 2 is 1.83 bits per heavy atom. The van der Waals surface area contributed by atoms with Crippen LogP contribution in [0.25, 0.3) is 11.3 Å². The predicted octanol–water partition coefficient (Wildman–Crippen LogP) is 5.32. The number of carbonyl (C=O) groups excluding carboxylic acids is 1. The minimum absolute atomic E-state index is 0.0615. The van der Waals surface area contributed by atoms with Gasteiger partial charge in [-0.15, -0.1) is 0 Å². The van der Waals surface area contributed by atoms with Gasteiger partial charge in [-0.05, 0) is 74.3 Å². The Bertz CT molecular complexity index is 1370. The number of rotatable bonds is 5. The Kier molecular flexibility index (Phi) is 5.02. The van der Waals surface area contributed by atoms with Crippen molar-refractivity contribution in [2.24, 2.45) is 0 Å². The molecular formula is C29H30N2O4. The first-order valence-corrected chi connectivity index (χ1v) is 12.4. The highest BCUT2D eigenvalue weighted by atomic mass is 16.5. The molecule has 0 bridgehead atoms. The zero-order valence-corrected chi connectivity index (χ0v) is 20.4. The van der Waals surface area contributed by atoms with Gasteiger partial charge in [-0.2, -0.15) is 0 Å². The van der Waals surface area contributed by atoms with Crippen molar-refractivity contribution in [2.45, 2.75) is 63.6 Å². The fourth-order valence-electron chi connectivity index (χ4n) is 5.73. The minimum Gasteiger partial charge on any atom is -0.489 e. The van der Waals surface area contributed by atoms with Crippen LogP contribution in [0.5, 0.6) is 5.75 Å². The van der Waals surface area contributed by atoms with Crippen molar-refractivity contribution < 1.29 is 14.3 Å². The van der Waals surface area contributed by atoms with Crippen molar-refractivity contribution in [3.05, 3.63) is 87.2 Å². The zero-order chi connectivity index (χ0) is 24.3. The predicted molar refractivity (Wildman–Crippen MR) is 134 cm³/mol. The molecular weight excluding hydrogens is 440 g/mol. The molecule has 0 unspecified atom stereocenters. The second-order valence-corrected chi connectivity index (χ2v) is 10.5. The van der Waals surface area contributed by atoms with E-state index in [1.807, 2.05) is 22.9 Å². The molecule has 1 aliphatic carbocycles. The second-order valence-electron chi connectivity index (χ2n) is 10.5.